The molecule has 15 heavy (non-hydrogen) atoms. The number of carbonyl (C=O) groups excluding carboxylic acids is 2. The molecule has 0 atom stereocenters. The van der Waals surface area contributed by atoms with Gasteiger partial charge in [0.05, 0.1) is 6.61 Å². The van der Waals surface area contributed by atoms with E-state index in [0.29, 0.717) is 32.0 Å². The lowest BCUT2D eigenvalue weighted by atomic mass is 9.93. The summed E-state index contributed by atoms with van der Waals surface area (Å²) in [4.78, 5) is 23.7. The third-order valence-corrected chi connectivity index (χ3v) is 2.63. The second kappa shape index (κ2) is 5.58. The minimum atomic E-state index is -0.260. The van der Waals surface area contributed by atoms with Gasteiger partial charge in [-0.3, -0.25) is 4.79 Å². The normalized spacial score (nSPS) is 17.5. The lowest BCUT2D eigenvalue weighted by Gasteiger charge is -2.30. The lowest BCUT2D eigenvalue weighted by Crippen LogP contribution is -2.39. The Morgan fingerprint density at radius 2 is 2.00 bits per heavy atom. The molecule has 0 bridgehead atoms. The van der Waals surface area contributed by atoms with Gasteiger partial charge < -0.3 is 15.4 Å². The third-order valence-electron chi connectivity index (χ3n) is 2.63. The van der Waals surface area contributed by atoms with Gasteiger partial charge in [-0.05, 0) is 25.7 Å². The van der Waals surface area contributed by atoms with Crippen LogP contribution in [0.2, 0.25) is 0 Å². The summed E-state index contributed by atoms with van der Waals surface area (Å²) in [5.41, 5.74) is 5.12. The molecule has 1 fully saturated rings. The molecular formula is C10H18N2O3. The second-order valence-electron chi connectivity index (χ2n) is 3.80. The van der Waals surface area contributed by atoms with Gasteiger partial charge in [0.25, 0.3) is 0 Å². The second-order valence-corrected chi connectivity index (χ2v) is 3.80. The zero-order chi connectivity index (χ0) is 11.3. The van der Waals surface area contributed by atoms with Crippen LogP contribution in [0.4, 0.5) is 4.79 Å². The van der Waals surface area contributed by atoms with Crippen molar-refractivity contribution in [1.29, 1.82) is 0 Å². The maximum absolute atomic E-state index is 11.3. The first-order chi connectivity index (χ1) is 7.13. The van der Waals surface area contributed by atoms with Gasteiger partial charge in [0, 0.05) is 19.5 Å². The standard InChI is InChI=1S/C10H18N2O3/c1-2-15-10(14)12-5-3-8(4-6-12)7-9(11)13/h8H,2-7H2,1H3,(H2,11,13). The van der Waals surface area contributed by atoms with Gasteiger partial charge in [0.1, 0.15) is 0 Å². The fourth-order valence-electron chi connectivity index (χ4n) is 1.82. The third kappa shape index (κ3) is 3.77. The number of carbonyl (C=O) groups is 2. The van der Waals surface area contributed by atoms with E-state index in [9.17, 15) is 9.59 Å². The molecule has 0 spiro atoms. The predicted molar refractivity (Wildman–Crippen MR) is 55.1 cm³/mol. The van der Waals surface area contributed by atoms with Crippen LogP contribution < -0.4 is 5.73 Å². The number of ether oxygens (including phenoxy) is 1. The number of hydrogen-bond donors (Lipinski definition) is 1. The van der Waals surface area contributed by atoms with Crippen molar-refractivity contribution in [2.45, 2.75) is 26.2 Å². The molecular weight excluding hydrogens is 196 g/mol. The van der Waals surface area contributed by atoms with Gasteiger partial charge in [0.2, 0.25) is 5.91 Å². The molecule has 0 saturated carbocycles. The molecule has 1 saturated heterocycles. The van der Waals surface area contributed by atoms with E-state index in [1.54, 1.807) is 11.8 Å². The van der Waals surface area contributed by atoms with E-state index in [2.05, 4.69) is 0 Å². The number of nitrogens with zero attached hydrogens (tertiary/aromatic N) is 1. The summed E-state index contributed by atoms with van der Waals surface area (Å²) in [6, 6.07) is 0. The molecule has 5 heteroatoms. The van der Waals surface area contributed by atoms with E-state index in [1.807, 2.05) is 0 Å². The quantitative estimate of drug-likeness (QED) is 0.752. The van der Waals surface area contributed by atoms with Crippen molar-refractivity contribution >= 4 is 12.0 Å². The summed E-state index contributed by atoms with van der Waals surface area (Å²) in [6.07, 6.45) is 1.84. The first-order valence-electron chi connectivity index (χ1n) is 5.33. The van der Waals surface area contributed by atoms with Gasteiger partial charge in [0.15, 0.2) is 0 Å². The van der Waals surface area contributed by atoms with Crippen molar-refractivity contribution in [2.24, 2.45) is 11.7 Å². The van der Waals surface area contributed by atoms with Gasteiger partial charge in [-0.1, -0.05) is 0 Å². The van der Waals surface area contributed by atoms with Crippen LogP contribution in [-0.2, 0) is 9.53 Å². The summed E-state index contributed by atoms with van der Waals surface area (Å²) >= 11 is 0. The smallest absolute Gasteiger partial charge is 0.409 e. The van der Waals surface area contributed by atoms with E-state index in [4.69, 9.17) is 10.5 Å². The van der Waals surface area contributed by atoms with E-state index in [1.165, 1.54) is 0 Å². The molecule has 0 radical (unpaired) electrons. The predicted octanol–water partition coefficient (Wildman–Crippen LogP) is 0.730. The van der Waals surface area contributed by atoms with Crippen molar-refractivity contribution in [3.05, 3.63) is 0 Å². The van der Waals surface area contributed by atoms with E-state index < -0.39 is 0 Å². The topological polar surface area (TPSA) is 72.6 Å². The van der Waals surface area contributed by atoms with Crippen LogP contribution >= 0.6 is 0 Å². The highest BCUT2D eigenvalue weighted by Gasteiger charge is 2.24. The summed E-state index contributed by atoms with van der Waals surface area (Å²) in [7, 11) is 0. The highest BCUT2D eigenvalue weighted by molar-refractivity contribution is 5.74. The van der Waals surface area contributed by atoms with Crippen molar-refractivity contribution < 1.29 is 14.3 Å². The molecule has 0 aromatic heterocycles. The monoisotopic (exact) mass is 214 g/mol. The minimum absolute atomic E-state index is 0.255. The van der Waals surface area contributed by atoms with Crippen LogP contribution in [0.5, 0.6) is 0 Å². The maximum atomic E-state index is 11.3. The van der Waals surface area contributed by atoms with Crippen molar-refractivity contribution in [1.82, 2.24) is 4.90 Å². The van der Waals surface area contributed by atoms with Crippen LogP contribution in [-0.4, -0.2) is 36.6 Å². The summed E-state index contributed by atoms with van der Waals surface area (Å²) in [5.74, 6) is 0.0674. The lowest BCUT2D eigenvalue weighted by molar-refractivity contribution is -0.119. The Morgan fingerprint density at radius 3 is 2.47 bits per heavy atom. The van der Waals surface area contributed by atoms with Gasteiger partial charge >= 0.3 is 6.09 Å². The van der Waals surface area contributed by atoms with E-state index in [0.717, 1.165) is 12.8 Å². The van der Waals surface area contributed by atoms with Crippen LogP contribution in [0.3, 0.4) is 0 Å². The number of rotatable bonds is 3. The summed E-state index contributed by atoms with van der Waals surface area (Å²) < 4.78 is 4.89. The first kappa shape index (κ1) is 11.8. The van der Waals surface area contributed by atoms with Gasteiger partial charge in [-0.25, -0.2) is 4.79 Å². The van der Waals surface area contributed by atoms with Crippen LogP contribution in [0, 0.1) is 5.92 Å². The van der Waals surface area contributed by atoms with Crippen molar-refractivity contribution in [2.75, 3.05) is 19.7 Å². The van der Waals surface area contributed by atoms with Crippen LogP contribution in [0.25, 0.3) is 0 Å². The van der Waals surface area contributed by atoms with E-state index >= 15 is 0 Å². The zero-order valence-electron chi connectivity index (χ0n) is 9.07. The Balaban J connectivity index is 2.29. The van der Waals surface area contributed by atoms with Gasteiger partial charge in [-0.2, -0.15) is 0 Å². The molecule has 86 valence electrons. The Bertz CT molecular complexity index is 235. The number of hydrogen-bond acceptors (Lipinski definition) is 3. The molecule has 0 unspecified atom stereocenters. The fourth-order valence-corrected chi connectivity index (χ4v) is 1.82. The highest BCUT2D eigenvalue weighted by atomic mass is 16.6. The van der Waals surface area contributed by atoms with E-state index in [-0.39, 0.29) is 12.0 Å². The van der Waals surface area contributed by atoms with Crippen molar-refractivity contribution in [3.63, 3.8) is 0 Å². The van der Waals surface area contributed by atoms with Crippen LogP contribution in [0.15, 0.2) is 0 Å². The van der Waals surface area contributed by atoms with Crippen LogP contribution in [0.1, 0.15) is 26.2 Å². The zero-order valence-corrected chi connectivity index (χ0v) is 9.07. The molecule has 0 aromatic rings. The average Bonchev–Trinajstić information content (AvgIpc) is 2.18. The Hall–Kier alpha value is -1.26. The fraction of sp³-hybridized carbons (Fsp3) is 0.800. The summed E-state index contributed by atoms with van der Waals surface area (Å²) in [5, 5.41) is 0. The molecule has 1 aliphatic rings. The molecule has 1 heterocycles. The molecule has 0 aliphatic carbocycles. The number of piperidine rings is 1. The number of primary amides is 1. The largest absolute Gasteiger partial charge is 0.450 e. The maximum Gasteiger partial charge on any atom is 0.409 e. The number of nitrogens with two attached hydrogens (primary N) is 1. The molecule has 5 nitrogen and oxygen atoms in total. The molecule has 2 N–H and O–H groups in total. The summed E-state index contributed by atoms with van der Waals surface area (Å²) in [6.45, 7) is 3.52. The number of likely N-dealkylation sites (tertiary alicyclic amines) is 1. The average molecular weight is 214 g/mol. The highest BCUT2D eigenvalue weighted by Crippen LogP contribution is 2.20. The minimum Gasteiger partial charge on any atom is -0.450 e. The first-order valence-corrected chi connectivity index (χ1v) is 5.33. The molecule has 2 amide bonds. The molecule has 0 aromatic carbocycles. The SMILES string of the molecule is CCOC(=O)N1CCC(CC(N)=O)CC1. The molecule has 1 rings (SSSR count). The Labute approximate surface area is 89.6 Å². The Kier molecular flexibility index (Phi) is 4.39. The number of amides is 2. The van der Waals surface area contributed by atoms with Gasteiger partial charge in [-0.15, -0.1) is 0 Å². The molecule has 1 aliphatic heterocycles. The Morgan fingerprint density at radius 1 is 1.40 bits per heavy atom. The van der Waals surface area contributed by atoms with Crippen molar-refractivity contribution in [3.8, 4) is 0 Å².